The van der Waals surface area contributed by atoms with Crippen LogP contribution in [0, 0.1) is 5.41 Å². The Morgan fingerprint density at radius 2 is 1.48 bits per heavy atom. The lowest BCUT2D eigenvalue weighted by atomic mass is 9.76. The summed E-state index contributed by atoms with van der Waals surface area (Å²) in [6, 6.07) is 21.5. The molecule has 2 N–H and O–H groups in total. The zero-order valence-corrected chi connectivity index (χ0v) is 33.1. The average Bonchev–Trinajstić information content (AvgIpc) is 3.21. The zero-order valence-electron chi connectivity index (χ0n) is 33.1. The van der Waals surface area contributed by atoms with Crippen LogP contribution in [-0.4, -0.2) is 82.7 Å². The SMILES string of the molecule is Cn1c(=O)c(-c2cccc3c(C[C@H](NC(=O)C4(C(F)(F)F)CCN(CC(F)F)CC4)C(=O)O)cccc23)c(C(F)(F)F)c2cc(CN3CCC(c4ccccc4)CC3)ccc21. The van der Waals surface area contributed by atoms with Crippen LogP contribution in [0.5, 0.6) is 0 Å². The monoisotopic (exact) mass is 856 g/mol. The number of carbonyl (C=O) groups excluding carboxylic acids is 1. The Balaban J connectivity index is 1.21. The lowest BCUT2D eigenvalue weighted by Gasteiger charge is -2.41. The van der Waals surface area contributed by atoms with Crippen LogP contribution < -0.4 is 10.9 Å². The molecule has 1 aromatic heterocycles. The van der Waals surface area contributed by atoms with E-state index >= 15 is 13.2 Å². The highest BCUT2D eigenvalue weighted by Crippen LogP contribution is 2.47. The van der Waals surface area contributed by atoms with Gasteiger partial charge in [-0.25, -0.2) is 13.6 Å². The molecule has 2 aliphatic rings. The molecule has 0 saturated carbocycles. The van der Waals surface area contributed by atoms with Crippen molar-refractivity contribution in [1.29, 1.82) is 0 Å². The van der Waals surface area contributed by atoms with Gasteiger partial charge in [-0.05, 0) is 103 Å². The summed E-state index contributed by atoms with van der Waals surface area (Å²) in [7, 11) is 1.38. The molecule has 2 fully saturated rings. The minimum Gasteiger partial charge on any atom is -0.480 e. The van der Waals surface area contributed by atoms with E-state index in [0.717, 1.165) is 35.4 Å². The molecule has 0 radical (unpaired) electrons. The number of aryl methyl sites for hydroxylation is 1. The molecule has 2 aliphatic heterocycles. The van der Waals surface area contributed by atoms with E-state index in [9.17, 15) is 41.4 Å². The number of amides is 1. The first kappa shape index (κ1) is 43.7. The molecule has 324 valence electrons. The molecule has 8 nitrogen and oxygen atoms in total. The molecule has 2 saturated heterocycles. The van der Waals surface area contributed by atoms with E-state index in [1.165, 1.54) is 61.1 Å². The number of hydrogen-bond donors (Lipinski definition) is 2. The number of likely N-dealkylation sites (tertiary alicyclic amines) is 2. The second-order valence-electron chi connectivity index (χ2n) is 16.1. The highest BCUT2D eigenvalue weighted by Gasteiger charge is 2.61. The summed E-state index contributed by atoms with van der Waals surface area (Å²) < 4.78 is 117. The number of fused-ring (bicyclic) bond motifs is 2. The van der Waals surface area contributed by atoms with Gasteiger partial charge in [0.15, 0.2) is 0 Å². The summed E-state index contributed by atoms with van der Waals surface area (Å²) in [5.74, 6) is -2.90. The summed E-state index contributed by atoms with van der Waals surface area (Å²) in [5.41, 5.74) is -3.69. The Kier molecular flexibility index (Phi) is 12.3. The van der Waals surface area contributed by atoms with Crippen molar-refractivity contribution < 1.29 is 49.8 Å². The van der Waals surface area contributed by atoms with Crippen LogP contribution >= 0.6 is 0 Å². The Hall–Kier alpha value is -5.35. The molecular formula is C45H44F8N4O4. The molecule has 16 heteroatoms. The quantitative estimate of drug-likeness (QED) is 0.129. The third-order valence-corrected chi connectivity index (χ3v) is 12.4. The fourth-order valence-electron chi connectivity index (χ4n) is 9.08. The normalized spacial score (nSPS) is 17.5. The predicted octanol–water partition coefficient (Wildman–Crippen LogP) is 8.78. The smallest absolute Gasteiger partial charge is 0.417 e. The first-order valence-electron chi connectivity index (χ1n) is 20.0. The number of halogens is 8. The Morgan fingerprint density at radius 1 is 0.820 bits per heavy atom. The third-order valence-electron chi connectivity index (χ3n) is 12.4. The topological polar surface area (TPSA) is 94.9 Å². The maximum atomic E-state index is 15.4. The number of aromatic nitrogens is 1. The van der Waals surface area contributed by atoms with Crippen LogP contribution in [0.3, 0.4) is 0 Å². The van der Waals surface area contributed by atoms with Crippen molar-refractivity contribution in [3.63, 3.8) is 0 Å². The van der Waals surface area contributed by atoms with Gasteiger partial charge in [-0.2, -0.15) is 26.3 Å². The van der Waals surface area contributed by atoms with Crippen molar-refractivity contribution in [2.24, 2.45) is 12.5 Å². The van der Waals surface area contributed by atoms with Gasteiger partial charge < -0.3 is 15.0 Å². The molecule has 0 spiro atoms. The van der Waals surface area contributed by atoms with Crippen molar-refractivity contribution in [2.75, 3.05) is 32.7 Å². The van der Waals surface area contributed by atoms with Gasteiger partial charge in [0, 0.05) is 25.4 Å². The van der Waals surface area contributed by atoms with Crippen LogP contribution in [0.4, 0.5) is 35.1 Å². The number of nitrogens with one attached hydrogen (secondary N) is 1. The van der Waals surface area contributed by atoms with Gasteiger partial charge in [0.1, 0.15) is 11.5 Å². The van der Waals surface area contributed by atoms with E-state index in [0.29, 0.717) is 18.0 Å². The van der Waals surface area contributed by atoms with Gasteiger partial charge in [-0.15, -0.1) is 0 Å². The lowest BCUT2D eigenvalue weighted by Crippen LogP contribution is -2.59. The van der Waals surface area contributed by atoms with Crippen molar-refractivity contribution in [2.45, 2.75) is 69.4 Å². The van der Waals surface area contributed by atoms with Gasteiger partial charge in [0.05, 0.1) is 23.2 Å². The van der Waals surface area contributed by atoms with Crippen LogP contribution in [0.1, 0.15) is 53.9 Å². The number of benzene rings is 4. The first-order valence-corrected chi connectivity index (χ1v) is 20.0. The molecular weight excluding hydrogens is 813 g/mol. The first-order chi connectivity index (χ1) is 28.9. The second kappa shape index (κ2) is 17.2. The average molecular weight is 857 g/mol. The number of nitrogens with zero attached hydrogens (tertiary/aromatic N) is 3. The lowest BCUT2D eigenvalue weighted by molar-refractivity contribution is -0.233. The number of pyridine rings is 1. The molecule has 61 heavy (non-hydrogen) atoms. The number of piperidine rings is 2. The molecule has 5 aromatic rings. The number of alkyl halides is 8. The highest BCUT2D eigenvalue weighted by atomic mass is 19.4. The van der Waals surface area contributed by atoms with E-state index < -0.39 is 97.7 Å². The Bertz CT molecular complexity index is 2470. The minimum atomic E-state index is -5.13. The van der Waals surface area contributed by atoms with E-state index in [-0.39, 0.29) is 32.8 Å². The van der Waals surface area contributed by atoms with E-state index in [2.05, 4.69) is 17.0 Å². The molecule has 0 unspecified atom stereocenters. The van der Waals surface area contributed by atoms with E-state index in [4.69, 9.17) is 0 Å². The summed E-state index contributed by atoms with van der Waals surface area (Å²) in [5, 5.41) is 12.3. The number of aliphatic carboxylic acids is 1. The van der Waals surface area contributed by atoms with Crippen LogP contribution in [-0.2, 0) is 35.8 Å². The second-order valence-corrected chi connectivity index (χ2v) is 16.1. The Morgan fingerprint density at radius 3 is 2.10 bits per heavy atom. The molecule has 0 aliphatic carbocycles. The number of carboxylic acid groups (broad SMARTS) is 1. The van der Waals surface area contributed by atoms with Crippen LogP contribution in [0.2, 0.25) is 0 Å². The van der Waals surface area contributed by atoms with Crippen LogP contribution in [0.15, 0.2) is 89.7 Å². The summed E-state index contributed by atoms with van der Waals surface area (Å²) in [6.45, 7) is 0.182. The summed E-state index contributed by atoms with van der Waals surface area (Å²) >= 11 is 0. The fourth-order valence-corrected chi connectivity index (χ4v) is 9.08. The fraction of sp³-hybridized carbons (Fsp3) is 0.400. The van der Waals surface area contributed by atoms with Gasteiger partial charge in [0.25, 0.3) is 12.0 Å². The Labute approximate surface area is 345 Å². The highest BCUT2D eigenvalue weighted by molar-refractivity contribution is 6.02. The standard InChI is InChI=1S/C45H44F8N4O4/c1-55-36-14-13-27(25-56-19-15-29(16-20-56)28-7-3-2-4-8-28)23-34(36)39(44(48,49)50)38(40(55)58)33-12-6-10-31-30(9-5-11-32(31)33)24-35(41(59)60)54-42(61)43(45(51,52)53)17-21-57(22-18-43)26-37(46)47/h2-14,23,29,35,37H,15-22,24-26H2,1H3,(H,54,61)(H,59,60)/t35-/m0/s1. The minimum absolute atomic E-state index is 0.0740. The van der Waals surface area contributed by atoms with Crippen molar-refractivity contribution in [3.05, 3.63) is 118 Å². The van der Waals surface area contributed by atoms with Gasteiger partial charge in [0.2, 0.25) is 5.91 Å². The predicted molar refractivity (Wildman–Crippen MR) is 214 cm³/mol. The molecule has 4 aromatic carbocycles. The third kappa shape index (κ3) is 8.87. The molecule has 0 bridgehead atoms. The largest absolute Gasteiger partial charge is 0.480 e. The van der Waals surface area contributed by atoms with Crippen LogP contribution in [0.25, 0.3) is 32.8 Å². The number of carbonyl (C=O) groups is 2. The van der Waals surface area contributed by atoms with Crippen molar-refractivity contribution >= 4 is 33.6 Å². The van der Waals surface area contributed by atoms with Crippen molar-refractivity contribution in [1.82, 2.24) is 19.7 Å². The van der Waals surface area contributed by atoms with Crippen molar-refractivity contribution in [3.8, 4) is 11.1 Å². The molecule has 3 heterocycles. The molecule has 1 atom stereocenters. The van der Waals surface area contributed by atoms with Gasteiger partial charge >= 0.3 is 18.3 Å². The number of rotatable bonds is 11. The van der Waals surface area contributed by atoms with Gasteiger partial charge in [-0.3, -0.25) is 19.4 Å². The maximum Gasteiger partial charge on any atom is 0.417 e. The number of hydrogen-bond acceptors (Lipinski definition) is 5. The molecule has 1 amide bonds. The van der Waals surface area contributed by atoms with Gasteiger partial charge in [-0.1, -0.05) is 72.8 Å². The zero-order chi connectivity index (χ0) is 43.9. The summed E-state index contributed by atoms with van der Waals surface area (Å²) in [4.78, 5) is 43.3. The van der Waals surface area contributed by atoms with E-state index in [1.54, 1.807) is 6.07 Å². The molecule has 7 rings (SSSR count). The summed E-state index contributed by atoms with van der Waals surface area (Å²) in [6.07, 6.45) is -13.4. The number of carboxylic acids is 1. The van der Waals surface area contributed by atoms with E-state index in [1.807, 2.05) is 23.5 Å². The maximum absolute atomic E-state index is 15.4.